The van der Waals surface area contributed by atoms with Gasteiger partial charge < -0.3 is 0 Å². The van der Waals surface area contributed by atoms with E-state index >= 15 is 0 Å². The second-order valence-corrected chi connectivity index (χ2v) is 11.2. The zero-order valence-electron chi connectivity index (χ0n) is 20.0. The maximum Gasteiger partial charge on any atom is 0.295 e. The van der Waals surface area contributed by atoms with Crippen LogP contribution in [0.25, 0.3) is 10.8 Å². The van der Waals surface area contributed by atoms with Gasteiger partial charge >= 0.3 is 0 Å². The normalized spacial score (nSPS) is 12.7. The number of benzene rings is 4. The Balaban J connectivity index is 1.68. The minimum atomic E-state index is -4.82. The number of hydrogen-bond donors (Lipinski definition) is 2. The third-order valence-electron chi connectivity index (χ3n) is 5.54. The smallest absolute Gasteiger partial charge is 0.282 e. The van der Waals surface area contributed by atoms with Crippen LogP contribution >= 0.6 is 0 Å². The molecule has 4 aromatic rings. The molecule has 190 valence electrons. The fraction of sp³-hybridized carbons (Fsp3) is 0.120. The average Bonchev–Trinajstić information content (AvgIpc) is 2.81. The van der Waals surface area contributed by atoms with Gasteiger partial charge in [0.25, 0.3) is 20.2 Å². The molecule has 0 spiro atoms. The Labute approximate surface area is 213 Å². The summed E-state index contributed by atoms with van der Waals surface area (Å²) in [5.74, 6) is 0. The highest BCUT2D eigenvalue weighted by Gasteiger charge is 2.21. The van der Waals surface area contributed by atoms with E-state index in [0.717, 1.165) is 22.9 Å². The zero-order valence-corrected chi connectivity index (χ0v) is 21.6. The van der Waals surface area contributed by atoms with Crippen molar-refractivity contribution < 1.29 is 25.9 Å². The molecule has 0 saturated carbocycles. The minimum Gasteiger partial charge on any atom is -0.282 e. The summed E-state index contributed by atoms with van der Waals surface area (Å²) in [6.07, 6.45) is 0. The number of rotatable bonds is 6. The largest absolute Gasteiger partial charge is 0.295 e. The lowest BCUT2D eigenvalue weighted by Gasteiger charge is -2.10. The number of azo groups is 2. The molecule has 4 rings (SSSR count). The van der Waals surface area contributed by atoms with E-state index in [1.54, 1.807) is 31.2 Å². The number of aryl methyl sites for hydroxylation is 3. The SMILES string of the molecule is Cc1ccc(N=Nc2ccc(N=Nc3cc(C)c4cc(S(=O)(=O)O)cc(S(=O)(=O)O)c4c3)c(C)c2)cc1. The van der Waals surface area contributed by atoms with Gasteiger partial charge in [0.1, 0.15) is 4.90 Å². The summed E-state index contributed by atoms with van der Waals surface area (Å²) in [5.41, 5.74) is 4.55. The molecule has 0 radical (unpaired) electrons. The third kappa shape index (κ3) is 6.12. The van der Waals surface area contributed by atoms with Gasteiger partial charge in [0.05, 0.1) is 27.6 Å². The molecular weight excluding hydrogens is 516 g/mol. The second kappa shape index (κ2) is 9.90. The molecule has 37 heavy (non-hydrogen) atoms. The molecule has 0 heterocycles. The molecule has 10 nitrogen and oxygen atoms in total. The highest BCUT2D eigenvalue weighted by molar-refractivity contribution is 7.86. The van der Waals surface area contributed by atoms with Crippen LogP contribution < -0.4 is 0 Å². The summed E-state index contributed by atoms with van der Waals surface area (Å²) in [6, 6.07) is 17.7. The van der Waals surface area contributed by atoms with Crippen LogP contribution in [0.3, 0.4) is 0 Å². The van der Waals surface area contributed by atoms with Crippen LogP contribution in [0, 0.1) is 20.8 Å². The van der Waals surface area contributed by atoms with Gasteiger partial charge in [0.2, 0.25) is 0 Å². The first-order valence-corrected chi connectivity index (χ1v) is 13.7. The molecule has 0 bridgehead atoms. The van der Waals surface area contributed by atoms with Crippen molar-refractivity contribution in [3.05, 3.63) is 83.4 Å². The van der Waals surface area contributed by atoms with Gasteiger partial charge in [-0.1, -0.05) is 17.7 Å². The van der Waals surface area contributed by atoms with Gasteiger partial charge in [-0.2, -0.15) is 37.3 Å². The Morgan fingerprint density at radius 1 is 0.568 bits per heavy atom. The van der Waals surface area contributed by atoms with Crippen molar-refractivity contribution >= 4 is 53.8 Å². The zero-order chi connectivity index (χ0) is 27.0. The van der Waals surface area contributed by atoms with E-state index in [1.807, 2.05) is 38.1 Å². The molecule has 0 unspecified atom stereocenters. The van der Waals surface area contributed by atoms with Crippen molar-refractivity contribution in [1.29, 1.82) is 0 Å². The average molecular weight is 539 g/mol. The monoisotopic (exact) mass is 538 g/mol. The van der Waals surface area contributed by atoms with E-state index in [-0.39, 0.29) is 16.5 Å². The number of nitrogens with zero attached hydrogens (tertiary/aromatic N) is 4. The van der Waals surface area contributed by atoms with Crippen LogP contribution in [-0.4, -0.2) is 25.9 Å². The van der Waals surface area contributed by atoms with E-state index in [4.69, 9.17) is 0 Å². The first kappa shape index (κ1) is 26.2. The standard InChI is InChI=1S/C25H22N4O6S2/c1-15-4-6-18(7-5-15)26-27-19-8-9-24(17(3)11-19)29-28-20-10-16(2)22-13-21(36(30,31)32)14-25(23(22)12-20)37(33,34)35/h4-14H,1-3H3,(H,30,31,32)(H,33,34,35). The van der Waals surface area contributed by atoms with Crippen LogP contribution in [0.2, 0.25) is 0 Å². The number of hydrogen-bond acceptors (Lipinski definition) is 8. The van der Waals surface area contributed by atoms with Crippen molar-refractivity contribution in [2.45, 2.75) is 30.6 Å². The first-order valence-electron chi connectivity index (χ1n) is 10.9. The molecule has 12 heteroatoms. The van der Waals surface area contributed by atoms with E-state index in [9.17, 15) is 25.9 Å². The summed E-state index contributed by atoms with van der Waals surface area (Å²) in [6.45, 7) is 5.43. The van der Waals surface area contributed by atoms with Crippen LogP contribution in [0.15, 0.2) is 97.0 Å². The summed E-state index contributed by atoms with van der Waals surface area (Å²) in [7, 11) is -9.53. The van der Waals surface area contributed by atoms with Crippen LogP contribution in [0.5, 0.6) is 0 Å². The molecule has 0 aliphatic carbocycles. The Kier molecular flexibility index (Phi) is 7.02. The van der Waals surface area contributed by atoms with Crippen LogP contribution in [0.1, 0.15) is 16.7 Å². The summed E-state index contributed by atoms with van der Waals surface area (Å²) < 4.78 is 66.2. The van der Waals surface area contributed by atoms with Gasteiger partial charge in [-0.15, -0.1) is 0 Å². The molecule has 0 saturated heterocycles. The topological polar surface area (TPSA) is 158 Å². The van der Waals surface area contributed by atoms with E-state index in [2.05, 4.69) is 20.5 Å². The van der Waals surface area contributed by atoms with Crippen molar-refractivity contribution in [2.24, 2.45) is 20.5 Å². The molecule has 0 aliphatic heterocycles. The fourth-order valence-electron chi connectivity index (χ4n) is 3.64. The minimum absolute atomic E-state index is 0.0347. The maximum atomic E-state index is 12.0. The Morgan fingerprint density at radius 3 is 1.78 bits per heavy atom. The fourth-order valence-corrected chi connectivity index (χ4v) is 4.97. The van der Waals surface area contributed by atoms with Gasteiger partial charge in [-0.3, -0.25) is 9.11 Å². The molecule has 0 fully saturated rings. The molecule has 0 atom stereocenters. The van der Waals surface area contributed by atoms with E-state index < -0.39 is 30.0 Å². The quantitative estimate of drug-likeness (QED) is 0.197. The Hall–Kier alpha value is -3.84. The third-order valence-corrected chi connectivity index (χ3v) is 7.27. The Morgan fingerprint density at radius 2 is 1.16 bits per heavy atom. The highest BCUT2D eigenvalue weighted by Crippen LogP contribution is 2.34. The summed E-state index contributed by atoms with van der Waals surface area (Å²) in [4.78, 5) is -1.32. The lowest BCUT2D eigenvalue weighted by molar-refractivity contribution is 0.482. The van der Waals surface area contributed by atoms with Crippen molar-refractivity contribution in [1.82, 2.24) is 0 Å². The Bertz CT molecular complexity index is 1800. The summed E-state index contributed by atoms with van der Waals surface area (Å²) >= 11 is 0. The molecule has 0 aromatic heterocycles. The predicted octanol–water partition coefficient (Wildman–Crippen LogP) is 7.09. The molecule has 4 aromatic carbocycles. The first-order chi connectivity index (χ1) is 17.3. The molecular formula is C25H22N4O6S2. The van der Waals surface area contributed by atoms with Gasteiger partial charge in [-0.05, 0) is 91.9 Å². The lowest BCUT2D eigenvalue weighted by Crippen LogP contribution is -2.04. The number of fused-ring (bicyclic) bond motifs is 1. The van der Waals surface area contributed by atoms with E-state index in [0.29, 0.717) is 23.0 Å². The van der Waals surface area contributed by atoms with Crippen molar-refractivity contribution in [2.75, 3.05) is 0 Å². The van der Waals surface area contributed by atoms with Gasteiger partial charge in [0.15, 0.2) is 0 Å². The molecule has 2 N–H and O–H groups in total. The van der Waals surface area contributed by atoms with Crippen LogP contribution in [-0.2, 0) is 20.2 Å². The predicted molar refractivity (Wildman–Crippen MR) is 139 cm³/mol. The summed E-state index contributed by atoms with van der Waals surface area (Å²) in [5, 5.41) is 17.2. The van der Waals surface area contributed by atoms with Gasteiger partial charge in [-0.25, -0.2) is 0 Å². The van der Waals surface area contributed by atoms with Gasteiger partial charge in [0, 0.05) is 5.39 Å². The van der Waals surface area contributed by atoms with Crippen molar-refractivity contribution in [3.63, 3.8) is 0 Å². The van der Waals surface area contributed by atoms with Crippen LogP contribution in [0.4, 0.5) is 22.7 Å². The molecule has 0 amide bonds. The van der Waals surface area contributed by atoms with Crippen molar-refractivity contribution in [3.8, 4) is 0 Å². The second-order valence-electron chi connectivity index (χ2n) is 8.44. The molecule has 0 aliphatic rings. The van der Waals surface area contributed by atoms with E-state index in [1.165, 1.54) is 6.07 Å². The lowest BCUT2D eigenvalue weighted by atomic mass is 10.0. The highest BCUT2D eigenvalue weighted by atomic mass is 32.2. The maximum absolute atomic E-state index is 12.0.